The quantitative estimate of drug-likeness (QED) is 0.267. The van der Waals surface area contributed by atoms with Crippen molar-refractivity contribution >= 4 is 33.8 Å². The lowest BCUT2D eigenvalue weighted by Crippen LogP contribution is -2.17. The maximum Gasteiger partial charge on any atom is 0.339 e. The summed E-state index contributed by atoms with van der Waals surface area (Å²) >= 11 is 5.80. The van der Waals surface area contributed by atoms with Gasteiger partial charge in [-0.1, -0.05) is 11.6 Å². The Morgan fingerprint density at radius 3 is 2.12 bits per heavy atom. The van der Waals surface area contributed by atoms with Crippen molar-refractivity contribution in [2.45, 2.75) is 4.90 Å². The standard InChI is InChI=1S/C23H21ClN2O7S/c1-30-19-11-5-16(13-22(19)32-3)23(27)26-25-14-15-4-10-20(21(12-15)31-2)33-34(28,29)18-8-6-17(24)7-9-18/h4-14H,1-3H3,(H,26,27)/b25-14+. The molecule has 0 aliphatic heterocycles. The highest BCUT2D eigenvalue weighted by molar-refractivity contribution is 7.87. The molecule has 1 amide bonds. The summed E-state index contributed by atoms with van der Waals surface area (Å²) in [6.45, 7) is 0. The molecule has 178 valence electrons. The molecule has 0 spiro atoms. The van der Waals surface area contributed by atoms with Crippen LogP contribution >= 0.6 is 11.6 Å². The number of hydrogen-bond donors (Lipinski definition) is 1. The van der Waals surface area contributed by atoms with Gasteiger partial charge in [-0.2, -0.15) is 13.5 Å². The predicted molar refractivity (Wildman–Crippen MR) is 127 cm³/mol. The molecule has 9 nitrogen and oxygen atoms in total. The zero-order valence-electron chi connectivity index (χ0n) is 18.4. The van der Waals surface area contributed by atoms with E-state index in [1.54, 1.807) is 18.2 Å². The highest BCUT2D eigenvalue weighted by Gasteiger charge is 2.19. The van der Waals surface area contributed by atoms with E-state index in [9.17, 15) is 13.2 Å². The number of methoxy groups -OCH3 is 3. The van der Waals surface area contributed by atoms with Gasteiger partial charge >= 0.3 is 10.1 Å². The van der Waals surface area contributed by atoms with Crippen molar-refractivity contribution in [1.82, 2.24) is 5.43 Å². The number of benzene rings is 3. The fourth-order valence-electron chi connectivity index (χ4n) is 2.81. The lowest BCUT2D eigenvalue weighted by Gasteiger charge is -2.11. The molecule has 0 atom stereocenters. The van der Waals surface area contributed by atoms with E-state index in [2.05, 4.69) is 10.5 Å². The Kier molecular flexibility index (Phi) is 7.98. The number of ether oxygens (including phenoxy) is 3. The van der Waals surface area contributed by atoms with Crippen LogP contribution in [0.4, 0.5) is 0 Å². The summed E-state index contributed by atoms with van der Waals surface area (Å²) in [5.74, 6) is 0.595. The SMILES string of the molecule is COc1ccc(C(=O)N/N=C/c2ccc(OS(=O)(=O)c3ccc(Cl)cc3)c(OC)c2)cc1OC. The van der Waals surface area contributed by atoms with Crippen LogP contribution in [0.5, 0.6) is 23.0 Å². The molecule has 3 aromatic carbocycles. The molecule has 0 heterocycles. The fourth-order valence-corrected chi connectivity index (χ4v) is 3.87. The van der Waals surface area contributed by atoms with Crippen LogP contribution in [0.2, 0.25) is 5.02 Å². The van der Waals surface area contributed by atoms with Crippen LogP contribution in [0, 0.1) is 0 Å². The number of rotatable bonds is 9. The normalized spacial score (nSPS) is 11.2. The second kappa shape index (κ2) is 10.9. The molecule has 0 saturated carbocycles. The van der Waals surface area contributed by atoms with Crippen molar-refractivity contribution in [3.63, 3.8) is 0 Å². The highest BCUT2D eigenvalue weighted by atomic mass is 35.5. The minimum absolute atomic E-state index is 0.0102. The molecule has 0 saturated heterocycles. The average molecular weight is 505 g/mol. The predicted octanol–water partition coefficient (Wildman–Crippen LogP) is 3.90. The van der Waals surface area contributed by atoms with Crippen LogP contribution in [0.3, 0.4) is 0 Å². The molecule has 0 aliphatic rings. The van der Waals surface area contributed by atoms with Gasteiger partial charge < -0.3 is 18.4 Å². The zero-order valence-corrected chi connectivity index (χ0v) is 20.0. The first-order valence-corrected chi connectivity index (χ1v) is 11.5. The van der Waals surface area contributed by atoms with Crippen LogP contribution in [0.25, 0.3) is 0 Å². The van der Waals surface area contributed by atoms with Gasteiger partial charge in [0, 0.05) is 10.6 Å². The van der Waals surface area contributed by atoms with Crippen LogP contribution in [0.1, 0.15) is 15.9 Å². The van der Waals surface area contributed by atoms with Crippen LogP contribution in [-0.2, 0) is 10.1 Å². The van der Waals surface area contributed by atoms with Gasteiger partial charge in [0.05, 0.1) is 27.5 Å². The first-order valence-electron chi connectivity index (χ1n) is 9.71. The number of carbonyl (C=O) groups is 1. The molecule has 0 radical (unpaired) electrons. The Morgan fingerprint density at radius 2 is 1.47 bits per heavy atom. The summed E-state index contributed by atoms with van der Waals surface area (Å²) in [6.07, 6.45) is 1.37. The third kappa shape index (κ3) is 5.97. The van der Waals surface area contributed by atoms with Gasteiger partial charge in [0.15, 0.2) is 23.0 Å². The molecular weight excluding hydrogens is 484 g/mol. The molecule has 0 bridgehead atoms. The zero-order chi connectivity index (χ0) is 24.7. The van der Waals surface area contributed by atoms with Gasteiger partial charge in [-0.25, -0.2) is 5.43 Å². The molecule has 0 unspecified atom stereocenters. The van der Waals surface area contributed by atoms with E-state index in [0.29, 0.717) is 27.6 Å². The lowest BCUT2D eigenvalue weighted by molar-refractivity contribution is 0.0954. The van der Waals surface area contributed by atoms with E-state index >= 15 is 0 Å². The topological polar surface area (TPSA) is 113 Å². The van der Waals surface area contributed by atoms with E-state index in [1.165, 1.54) is 70.0 Å². The second-order valence-corrected chi connectivity index (χ2v) is 8.65. The van der Waals surface area contributed by atoms with Crippen molar-refractivity contribution < 1.29 is 31.6 Å². The first-order chi connectivity index (χ1) is 16.3. The van der Waals surface area contributed by atoms with Crippen molar-refractivity contribution in [3.05, 3.63) is 76.8 Å². The molecule has 34 heavy (non-hydrogen) atoms. The molecule has 1 N–H and O–H groups in total. The van der Waals surface area contributed by atoms with Crippen LogP contribution in [-0.4, -0.2) is 41.9 Å². The second-order valence-electron chi connectivity index (χ2n) is 6.67. The average Bonchev–Trinajstić information content (AvgIpc) is 2.84. The summed E-state index contributed by atoms with van der Waals surface area (Å²) in [5.41, 5.74) is 3.26. The van der Waals surface area contributed by atoms with Crippen molar-refractivity contribution in [3.8, 4) is 23.0 Å². The summed E-state index contributed by atoms with van der Waals surface area (Å²) in [5, 5.41) is 4.33. The summed E-state index contributed by atoms with van der Waals surface area (Å²) in [7, 11) is 0.249. The molecule has 0 fully saturated rings. The fraction of sp³-hybridized carbons (Fsp3) is 0.130. The first kappa shape index (κ1) is 24.9. The highest BCUT2D eigenvalue weighted by Crippen LogP contribution is 2.31. The van der Waals surface area contributed by atoms with Gasteiger partial charge in [-0.15, -0.1) is 0 Å². The number of amides is 1. The number of nitrogens with zero attached hydrogens (tertiary/aromatic N) is 1. The Bertz CT molecular complexity index is 1310. The maximum atomic E-state index is 12.5. The van der Waals surface area contributed by atoms with Crippen molar-refractivity contribution in [2.24, 2.45) is 5.10 Å². The van der Waals surface area contributed by atoms with E-state index < -0.39 is 16.0 Å². The number of hydrazone groups is 1. The largest absolute Gasteiger partial charge is 0.493 e. The van der Waals surface area contributed by atoms with Gasteiger partial charge in [-0.05, 0) is 66.2 Å². The number of halogens is 1. The third-order valence-electron chi connectivity index (χ3n) is 4.51. The minimum atomic E-state index is -4.09. The monoisotopic (exact) mass is 504 g/mol. The van der Waals surface area contributed by atoms with E-state index in [0.717, 1.165) is 0 Å². The molecule has 3 rings (SSSR count). The Morgan fingerprint density at radius 1 is 0.853 bits per heavy atom. The summed E-state index contributed by atoms with van der Waals surface area (Å²) < 4.78 is 45.8. The summed E-state index contributed by atoms with van der Waals surface area (Å²) in [4.78, 5) is 12.3. The minimum Gasteiger partial charge on any atom is -0.493 e. The van der Waals surface area contributed by atoms with Gasteiger partial charge in [-0.3, -0.25) is 4.79 Å². The van der Waals surface area contributed by atoms with E-state index in [1.807, 2.05) is 0 Å². The third-order valence-corrected chi connectivity index (χ3v) is 6.02. The summed E-state index contributed by atoms with van der Waals surface area (Å²) in [6, 6.07) is 14.8. The number of carbonyl (C=O) groups excluding carboxylic acids is 1. The molecule has 11 heteroatoms. The van der Waals surface area contributed by atoms with E-state index in [-0.39, 0.29) is 16.4 Å². The smallest absolute Gasteiger partial charge is 0.339 e. The Balaban J connectivity index is 1.72. The molecule has 0 aromatic heterocycles. The number of nitrogens with one attached hydrogen (secondary N) is 1. The Labute approximate surface area is 202 Å². The van der Waals surface area contributed by atoms with Crippen LogP contribution in [0.15, 0.2) is 70.7 Å². The van der Waals surface area contributed by atoms with Crippen LogP contribution < -0.4 is 23.8 Å². The molecule has 0 aliphatic carbocycles. The van der Waals surface area contributed by atoms with Gasteiger partial charge in [0.2, 0.25) is 0 Å². The van der Waals surface area contributed by atoms with Gasteiger partial charge in [0.1, 0.15) is 4.90 Å². The van der Waals surface area contributed by atoms with Crippen molar-refractivity contribution in [2.75, 3.05) is 21.3 Å². The van der Waals surface area contributed by atoms with E-state index in [4.69, 9.17) is 30.0 Å². The molecule has 3 aromatic rings. The van der Waals surface area contributed by atoms with Gasteiger partial charge in [0.25, 0.3) is 5.91 Å². The van der Waals surface area contributed by atoms with Crippen molar-refractivity contribution in [1.29, 1.82) is 0 Å². The maximum absolute atomic E-state index is 12.5. The Hall–Kier alpha value is -3.76. The number of hydrogen-bond acceptors (Lipinski definition) is 8. The molecular formula is C23H21ClN2O7S. The lowest BCUT2D eigenvalue weighted by atomic mass is 10.2.